The number of nitrogens with one attached hydrogen (secondary N) is 1. The lowest BCUT2D eigenvalue weighted by atomic mass is 9.94. The lowest BCUT2D eigenvalue weighted by Crippen LogP contribution is -2.48. The van der Waals surface area contributed by atoms with E-state index in [1.165, 1.54) is 18.0 Å². The maximum atomic E-state index is 12.9. The van der Waals surface area contributed by atoms with Crippen LogP contribution < -0.4 is 5.32 Å². The Bertz CT molecular complexity index is 1710. The Labute approximate surface area is 257 Å². The van der Waals surface area contributed by atoms with Gasteiger partial charge in [0.15, 0.2) is 5.78 Å². The first-order valence-electron chi connectivity index (χ1n) is 14.9. The van der Waals surface area contributed by atoms with Gasteiger partial charge in [-0.15, -0.1) is 11.3 Å². The Morgan fingerprint density at radius 1 is 1.14 bits per heavy atom. The van der Waals surface area contributed by atoms with Crippen LogP contribution in [0.3, 0.4) is 0 Å². The minimum atomic E-state index is -4.25. The molecule has 2 aliphatic rings. The van der Waals surface area contributed by atoms with Gasteiger partial charge in [-0.2, -0.15) is 18.4 Å². The summed E-state index contributed by atoms with van der Waals surface area (Å²) in [5.74, 6) is 1.09. The second-order valence-electron chi connectivity index (χ2n) is 11.8. The Hall–Kier alpha value is -3.79. The molecule has 12 heteroatoms. The first-order chi connectivity index (χ1) is 21.2. The van der Waals surface area contributed by atoms with Crippen LogP contribution in [0.4, 0.5) is 19.0 Å². The Kier molecular flexibility index (Phi) is 8.71. The molecule has 4 aromatic rings. The number of hydrogen-bond donors (Lipinski definition) is 1. The number of halogens is 3. The second kappa shape index (κ2) is 12.7. The van der Waals surface area contributed by atoms with Crippen LogP contribution in [0.25, 0.3) is 21.1 Å². The highest BCUT2D eigenvalue weighted by molar-refractivity contribution is 7.18. The number of allylic oxidation sites excluding steroid dienone is 1. The number of benzene rings is 1. The summed E-state index contributed by atoms with van der Waals surface area (Å²) in [6, 6.07) is 12.5. The van der Waals surface area contributed by atoms with Gasteiger partial charge >= 0.3 is 6.18 Å². The molecular weight excluding hydrogens is 587 g/mol. The van der Waals surface area contributed by atoms with Crippen molar-refractivity contribution in [2.45, 2.75) is 51.0 Å². The zero-order chi connectivity index (χ0) is 30.8. The van der Waals surface area contributed by atoms with Crippen molar-refractivity contribution in [2.75, 3.05) is 38.0 Å². The first kappa shape index (κ1) is 30.2. The van der Waals surface area contributed by atoms with Crippen LogP contribution in [0.1, 0.15) is 35.4 Å². The lowest BCUT2D eigenvalue weighted by molar-refractivity contribution is -0.126. The van der Waals surface area contributed by atoms with Gasteiger partial charge in [0.2, 0.25) is 0 Å². The molecule has 1 N–H and O–H groups in total. The molecule has 0 spiro atoms. The molecule has 230 valence electrons. The molecule has 2 fully saturated rings. The largest absolute Gasteiger partial charge is 0.393 e. The first-order valence-corrected chi connectivity index (χ1v) is 15.7. The van der Waals surface area contributed by atoms with E-state index in [4.69, 9.17) is 0 Å². The van der Waals surface area contributed by atoms with Gasteiger partial charge < -0.3 is 14.8 Å². The summed E-state index contributed by atoms with van der Waals surface area (Å²) in [5.41, 5.74) is 2.89. The van der Waals surface area contributed by atoms with E-state index in [1.54, 1.807) is 6.07 Å². The van der Waals surface area contributed by atoms with Gasteiger partial charge in [-0.25, -0.2) is 9.97 Å². The van der Waals surface area contributed by atoms with Crippen molar-refractivity contribution in [3.8, 4) is 6.07 Å². The zero-order valence-electron chi connectivity index (χ0n) is 24.3. The highest BCUT2D eigenvalue weighted by atomic mass is 32.1. The molecule has 0 saturated carbocycles. The normalized spacial score (nSPS) is 17.1. The molecule has 0 atom stereocenters. The van der Waals surface area contributed by atoms with Crippen LogP contribution >= 0.6 is 11.3 Å². The van der Waals surface area contributed by atoms with E-state index in [0.29, 0.717) is 34.1 Å². The zero-order valence-corrected chi connectivity index (χ0v) is 25.1. The van der Waals surface area contributed by atoms with Gasteiger partial charge in [0.1, 0.15) is 28.7 Å². The van der Waals surface area contributed by atoms with Crippen LogP contribution in [-0.2, 0) is 24.3 Å². The molecule has 1 aromatic carbocycles. The van der Waals surface area contributed by atoms with Crippen molar-refractivity contribution in [3.05, 3.63) is 65.4 Å². The summed E-state index contributed by atoms with van der Waals surface area (Å²) in [5, 5.41) is 15.0. The van der Waals surface area contributed by atoms with Crippen molar-refractivity contribution < 1.29 is 18.0 Å². The summed E-state index contributed by atoms with van der Waals surface area (Å²) in [6.45, 7) is 9.48. The number of ketones is 1. The number of fused-ring (bicyclic) bond motifs is 2. The molecule has 3 aromatic heterocycles. The average molecular weight is 622 g/mol. The summed E-state index contributed by atoms with van der Waals surface area (Å²) in [6.07, 6.45) is -0.0704. The topological polar surface area (TPSA) is 90.1 Å². The number of thiophene rings is 1. The maximum Gasteiger partial charge on any atom is 0.393 e. The number of alkyl halides is 3. The second-order valence-corrected chi connectivity index (χ2v) is 12.9. The smallest absolute Gasteiger partial charge is 0.367 e. The predicted octanol–water partition coefficient (Wildman–Crippen LogP) is 5.78. The van der Waals surface area contributed by atoms with Crippen molar-refractivity contribution >= 4 is 44.1 Å². The van der Waals surface area contributed by atoms with Crippen LogP contribution in [0.15, 0.2) is 49.3 Å². The third-order valence-electron chi connectivity index (χ3n) is 8.56. The number of nitriles is 1. The van der Waals surface area contributed by atoms with Gasteiger partial charge in [-0.05, 0) is 54.7 Å². The molecule has 0 aliphatic carbocycles. The Morgan fingerprint density at radius 3 is 2.66 bits per heavy atom. The molecule has 6 rings (SSSR count). The Morgan fingerprint density at radius 2 is 1.93 bits per heavy atom. The van der Waals surface area contributed by atoms with Gasteiger partial charge in [-0.1, -0.05) is 12.6 Å². The average Bonchev–Trinajstić information content (AvgIpc) is 3.54. The minimum Gasteiger partial charge on any atom is -0.367 e. The number of carbonyl (C=O) groups is 1. The fraction of sp³-hybridized carbons (Fsp3) is 0.438. The number of nitrogens with zero attached hydrogens (tertiary/aromatic N) is 6. The Balaban J connectivity index is 1.03. The van der Waals surface area contributed by atoms with Crippen molar-refractivity contribution in [2.24, 2.45) is 5.92 Å². The van der Waals surface area contributed by atoms with Gasteiger partial charge in [0.25, 0.3) is 0 Å². The van der Waals surface area contributed by atoms with E-state index in [1.807, 2.05) is 6.07 Å². The molecule has 2 saturated heterocycles. The van der Waals surface area contributed by atoms with E-state index in [2.05, 4.69) is 60.5 Å². The highest BCUT2D eigenvalue weighted by Gasteiger charge is 2.30. The van der Waals surface area contributed by atoms with E-state index < -0.39 is 12.6 Å². The quantitative estimate of drug-likeness (QED) is 0.213. The number of rotatable bonds is 11. The van der Waals surface area contributed by atoms with E-state index in [0.717, 1.165) is 80.9 Å². The third-order valence-corrected chi connectivity index (χ3v) is 9.60. The number of hydrogen-bond acceptors (Lipinski definition) is 8. The molecule has 44 heavy (non-hydrogen) atoms. The summed E-state index contributed by atoms with van der Waals surface area (Å²) in [7, 11) is 0. The lowest BCUT2D eigenvalue weighted by Gasteiger charge is -2.39. The van der Waals surface area contributed by atoms with E-state index in [-0.39, 0.29) is 16.7 Å². The molecule has 0 unspecified atom stereocenters. The fourth-order valence-electron chi connectivity index (χ4n) is 6.34. The van der Waals surface area contributed by atoms with E-state index in [9.17, 15) is 23.2 Å². The van der Waals surface area contributed by atoms with Crippen LogP contribution in [0.5, 0.6) is 0 Å². The molecule has 8 nitrogen and oxygen atoms in total. The summed E-state index contributed by atoms with van der Waals surface area (Å²) in [4.78, 5) is 25.6. The number of aromatic nitrogens is 3. The van der Waals surface area contributed by atoms with Crippen molar-refractivity contribution in [3.63, 3.8) is 0 Å². The van der Waals surface area contributed by atoms with Crippen molar-refractivity contribution in [1.29, 1.82) is 5.26 Å². The van der Waals surface area contributed by atoms with Gasteiger partial charge in [0.05, 0.1) is 11.8 Å². The highest BCUT2D eigenvalue weighted by Crippen LogP contribution is 2.33. The number of anilines is 1. The molecule has 5 heterocycles. The van der Waals surface area contributed by atoms with Crippen LogP contribution in [-0.4, -0.2) is 75.1 Å². The monoisotopic (exact) mass is 621 g/mol. The minimum absolute atomic E-state index is 0.0979. The fourth-order valence-corrected chi connectivity index (χ4v) is 7.37. The summed E-state index contributed by atoms with van der Waals surface area (Å²) >= 11 is 1.06. The molecule has 0 radical (unpaired) electrons. The van der Waals surface area contributed by atoms with Crippen molar-refractivity contribution in [1.82, 2.24) is 24.3 Å². The van der Waals surface area contributed by atoms with Crippen LogP contribution in [0.2, 0.25) is 0 Å². The predicted molar refractivity (Wildman–Crippen MR) is 165 cm³/mol. The molecule has 2 aliphatic heterocycles. The number of piperidine rings is 1. The molecule has 0 bridgehead atoms. The maximum absolute atomic E-state index is 12.9. The van der Waals surface area contributed by atoms with Gasteiger partial charge in [0, 0.05) is 74.1 Å². The standard InChI is InChI=1S/C32H34F3N7OS/c1-2-26(43)12-22-18-41(19-22)9-10-42-25(16-36)13-23-11-21(3-4-29(23)42)17-40-7-5-24(6-8-40)39-30-28-14-27(15-32(33,34)35)44-31(28)38-20-37-30/h2-4,11,13-14,20,22,24H,1,5-10,12,15,17-19H2,(H,37,38,39). The van der Waals surface area contributed by atoms with Crippen LogP contribution in [0, 0.1) is 17.2 Å². The number of likely N-dealkylation sites (tertiary alicyclic amines) is 2. The summed E-state index contributed by atoms with van der Waals surface area (Å²) < 4.78 is 40.8. The van der Waals surface area contributed by atoms with E-state index >= 15 is 0 Å². The molecule has 0 amide bonds. The number of carbonyl (C=O) groups excluding carboxylic acids is 1. The third kappa shape index (κ3) is 6.96. The van der Waals surface area contributed by atoms with Gasteiger partial charge in [-0.3, -0.25) is 9.69 Å². The molecular formula is C32H34F3N7OS. The SMILES string of the molecule is C=CC(=O)CC1CN(CCn2c(C#N)cc3cc(CN4CCC(Nc5ncnc6sc(CC(F)(F)F)cc56)CC4)ccc32)C1.